The van der Waals surface area contributed by atoms with Crippen molar-refractivity contribution in [2.24, 2.45) is 0 Å². The second-order valence-corrected chi connectivity index (χ2v) is 4.04. The van der Waals surface area contributed by atoms with Gasteiger partial charge in [-0.05, 0) is 13.0 Å². The lowest BCUT2D eigenvalue weighted by Gasteiger charge is -2.28. The van der Waals surface area contributed by atoms with Gasteiger partial charge in [0.05, 0.1) is 12.7 Å². The number of carbonyl (C=O) groups is 2. The highest BCUT2D eigenvalue weighted by atomic mass is 16.6. The Morgan fingerprint density at radius 2 is 2.22 bits per heavy atom. The number of ether oxygens (including phenoxy) is 2. The summed E-state index contributed by atoms with van der Waals surface area (Å²) in [7, 11) is 1.16. The molecule has 2 heterocycles. The third-order valence-electron chi connectivity index (χ3n) is 2.81. The molecule has 0 fully saturated rings. The molecule has 18 heavy (non-hydrogen) atoms. The Kier molecular flexibility index (Phi) is 2.70. The Morgan fingerprint density at radius 3 is 2.83 bits per heavy atom. The van der Waals surface area contributed by atoms with E-state index in [1.165, 1.54) is 13.0 Å². The van der Waals surface area contributed by atoms with E-state index in [4.69, 9.17) is 4.74 Å². The number of H-pyrrole nitrogens is 1. The molecule has 1 aliphatic rings. The number of fused-ring (bicyclic) bond motifs is 1. The van der Waals surface area contributed by atoms with E-state index in [1.807, 2.05) is 0 Å². The zero-order valence-electron chi connectivity index (χ0n) is 9.77. The fraction of sp³-hybridized carbons (Fsp3) is 0.364. The maximum Gasteiger partial charge on any atom is 0.354 e. The van der Waals surface area contributed by atoms with Gasteiger partial charge < -0.3 is 19.6 Å². The Morgan fingerprint density at radius 1 is 1.56 bits per heavy atom. The Hall–Kier alpha value is -2.15. The maximum atomic E-state index is 11.7. The Balaban J connectivity index is 2.68. The van der Waals surface area contributed by atoms with E-state index in [2.05, 4.69) is 9.72 Å². The molecule has 0 aromatic carbocycles. The molecular formula is C11H11NO6. The highest BCUT2D eigenvalue weighted by Crippen LogP contribution is 2.29. The molecule has 0 radical (unpaired) electrons. The summed E-state index contributed by atoms with van der Waals surface area (Å²) in [6.45, 7) is 0.967. The fourth-order valence-corrected chi connectivity index (χ4v) is 1.77. The average Bonchev–Trinajstić information content (AvgIpc) is 2.33. The highest BCUT2D eigenvalue weighted by Gasteiger charge is 2.41. The zero-order valence-corrected chi connectivity index (χ0v) is 9.77. The van der Waals surface area contributed by atoms with Crippen molar-refractivity contribution in [1.29, 1.82) is 0 Å². The van der Waals surface area contributed by atoms with Crippen molar-refractivity contribution in [3.8, 4) is 0 Å². The number of rotatable bonds is 1. The smallest absolute Gasteiger partial charge is 0.354 e. The molecule has 0 saturated heterocycles. The molecule has 1 aromatic rings. The minimum absolute atomic E-state index is 0.0582. The van der Waals surface area contributed by atoms with Gasteiger partial charge in [0.15, 0.2) is 5.60 Å². The summed E-state index contributed by atoms with van der Waals surface area (Å²) in [5.41, 5.74) is -2.50. The van der Waals surface area contributed by atoms with E-state index < -0.39 is 23.1 Å². The average molecular weight is 253 g/mol. The lowest BCUT2D eigenvalue weighted by Crippen LogP contribution is -2.42. The normalized spacial score (nSPS) is 22.1. The first-order valence-electron chi connectivity index (χ1n) is 5.12. The van der Waals surface area contributed by atoms with E-state index in [0.29, 0.717) is 0 Å². The van der Waals surface area contributed by atoms with Crippen LogP contribution in [0.3, 0.4) is 0 Å². The molecule has 0 spiro atoms. The van der Waals surface area contributed by atoms with Crippen LogP contribution in [0, 0.1) is 0 Å². The number of aromatic nitrogens is 1. The first-order chi connectivity index (χ1) is 8.37. The van der Waals surface area contributed by atoms with Crippen molar-refractivity contribution in [2.45, 2.75) is 19.1 Å². The second kappa shape index (κ2) is 3.95. The van der Waals surface area contributed by atoms with Gasteiger partial charge in [0.2, 0.25) is 0 Å². The van der Waals surface area contributed by atoms with Gasteiger partial charge >= 0.3 is 11.9 Å². The highest BCUT2D eigenvalue weighted by molar-refractivity contribution is 5.89. The van der Waals surface area contributed by atoms with Crippen LogP contribution in [0.25, 0.3) is 0 Å². The number of aliphatic hydroxyl groups is 1. The summed E-state index contributed by atoms with van der Waals surface area (Å²) < 4.78 is 9.17. The van der Waals surface area contributed by atoms with Crippen LogP contribution in [0.2, 0.25) is 0 Å². The van der Waals surface area contributed by atoms with Crippen LogP contribution in [-0.4, -0.2) is 29.1 Å². The monoisotopic (exact) mass is 253 g/mol. The molecule has 1 atom stereocenters. The van der Waals surface area contributed by atoms with Gasteiger partial charge in [0, 0.05) is 5.56 Å². The molecule has 96 valence electrons. The van der Waals surface area contributed by atoms with Gasteiger partial charge in [0.25, 0.3) is 5.56 Å². The number of hydrogen-bond acceptors (Lipinski definition) is 6. The fourth-order valence-electron chi connectivity index (χ4n) is 1.77. The number of pyridine rings is 1. The standard InChI is InChI=1S/C11H11NO6/c1-11(16)6-3-7(9(14)17-2)12-8(13)5(6)4-18-10(11)15/h3,16H,4H2,1-2H3,(H,12,13). The molecule has 0 amide bonds. The van der Waals surface area contributed by atoms with Crippen LogP contribution in [0.5, 0.6) is 0 Å². The van der Waals surface area contributed by atoms with E-state index >= 15 is 0 Å². The quantitative estimate of drug-likeness (QED) is 0.649. The molecule has 1 unspecified atom stereocenters. The minimum atomic E-state index is -1.95. The number of hydrogen-bond donors (Lipinski definition) is 2. The third-order valence-corrected chi connectivity index (χ3v) is 2.81. The van der Waals surface area contributed by atoms with Gasteiger partial charge in [-0.1, -0.05) is 0 Å². The van der Waals surface area contributed by atoms with Gasteiger partial charge in [-0.25, -0.2) is 9.59 Å². The molecule has 2 rings (SSSR count). The number of esters is 2. The van der Waals surface area contributed by atoms with Gasteiger partial charge in [-0.2, -0.15) is 0 Å². The SMILES string of the molecule is COC(=O)c1cc2c(c(=O)[nH]1)COC(=O)C2(C)O. The van der Waals surface area contributed by atoms with Crippen LogP contribution >= 0.6 is 0 Å². The van der Waals surface area contributed by atoms with E-state index in [1.54, 1.807) is 0 Å². The summed E-state index contributed by atoms with van der Waals surface area (Å²) in [6.07, 6.45) is 0. The van der Waals surface area contributed by atoms with Crippen LogP contribution in [0.1, 0.15) is 28.5 Å². The largest absolute Gasteiger partial charge is 0.464 e. The summed E-state index contributed by atoms with van der Waals surface area (Å²) in [5, 5.41) is 10.0. The van der Waals surface area contributed by atoms with Crippen LogP contribution < -0.4 is 5.56 Å². The molecular weight excluding hydrogens is 242 g/mol. The van der Waals surface area contributed by atoms with Crippen LogP contribution in [0.15, 0.2) is 10.9 Å². The number of nitrogens with one attached hydrogen (secondary N) is 1. The Labute approximate surface area is 101 Å². The van der Waals surface area contributed by atoms with E-state index in [9.17, 15) is 19.5 Å². The first kappa shape index (κ1) is 12.3. The predicted octanol–water partition coefficient (Wildman–Crippen LogP) is -0.574. The lowest BCUT2D eigenvalue weighted by atomic mass is 9.90. The van der Waals surface area contributed by atoms with Gasteiger partial charge in [-0.15, -0.1) is 0 Å². The summed E-state index contributed by atoms with van der Waals surface area (Å²) in [6, 6.07) is 1.23. The lowest BCUT2D eigenvalue weighted by molar-refractivity contribution is -0.169. The first-order valence-corrected chi connectivity index (χ1v) is 5.12. The molecule has 1 aliphatic heterocycles. The molecule has 2 N–H and O–H groups in total. The maximum absolute atomic E-state index is 11.7. The molecule has 7 heteroatoms. The molecule has 7 nitrogen and oxygen atoms in total. The number of methoxy groups -OCH3 is 1. The van der Waals surface area contributed by atoms with Crippen molar-refractivity contribution in [1.82, 2.24) is 4.98 Å². The van der Waals surface area contributed by atoms with Crippen molar-refractivity contribution in [3.05, 3.63) is 33.2 Å². The van der Waals surface area contributed by atoms with E-state index in [-0.39, 0.29) is 23.4 Å². The van der Waals surface area contributed by atoms with Crippen molar-refractivity contribution >= 4 is 11.9 Å². The summed E-state index contributed by atoms with van der Waals surface area (Å²) in [4.78, 5) is 36.8. The molecule has 1 aromatic heterocycles. The topological polar surface area (TPSA) is 106 Å². The van der Waals surface area contributed by atoms with Crippen molar-refractivity contribution in [3.63, 3.8) is 0 Å². The summed E-state index contributed by atoms with van der Waals surface area (Å²) in [5.74, 6) is -1.62. The predicted molar refractivity (Wildman–Crippen MR) is 57.8 cm³/mol. The minimum Gasteiger partial charge on any atom is -0.464 e. The number of carbonyl (C=O) groups excluding carboxylic acids is 2. The van der Waals surface area contributed by atoms with Gasteiger partial charge in [-0.3, -0.25) is 4.79 Å². The van der Waals surface area contributed by atoms with Crippen molar-refractivity contribution in [2.75, 3.05) is 7.11 Å². The molecule has 0 aliphatic carbocycles. The molecule has 0 saturated carbocycles. The van der Waals surface area contributed by atoms with E-state index in [0.717, 1.165) is 7.11 Å². The second-order valence-electron chi connectivity index (χ2n) is 4.04. The third kappa shape index (κ3) is 1.68. The Bertz CT molecular complexity index is 586. The summed E-state index contributed by atoms with van der Waals surface area (Å²) >= 11 is 0. The van der Waals surface area contributed by atoms with Crippen LogP contribution in [0.4, 0.5) is 0 Å². The number of cyclic esters (lactones) is 1. The van der Waals surface area contributed by atoms with Crippen molar-refractivity contribution < 1.29 is 24.2 Å². The van der Waals surface area contributed by atoms with Gasteiger partial charge in [0.1, 0.15) is 12.3 Å². The molecule has 0 bridgehead atoms. The van der Waals surface area contributed by atoms with Crippen LogP contribution in [-0.2, 0) is 26.5 Å². The number of aromatic amines is 1. The zero-order chi connectivity index (χ0) is 13.5.